The van der Waals surface area contributed by atoms with Gasteiger partial charge in [0.05, 0.1) is 5.56 Å². The van der Waals surface area contributed by atoms with Crippen LogP contribution < -0.4 is 11.1 Å². The summed E-state index contributed by atoms with van der Waals surface area (Å²) < 4.78 is 13.2. The molecule has 3 N–H and O–H groups in total. The number of hydrogen-bond acceptors (Lipinski definition) is 3. The number of piperidine rings is 1. The number of nitrogens with zero attached hydrogens (tertiary/aromatic N) is 1. The zero-order chi connectivity index (χ0) is 14.1. The van der Waals surface area contributed by atoms with Gasteiger partial charge in [0.1, 0.15) is 5.82 Å². The molecule has 20 heavy (non-hydrogen) atoms. The third kappa shape index (κ3) is 2.50. The average molecular weight is 277 g/mol. The van der Waals surface area contributed by atoms with E-state index in [2.05, 4.69) is 10.2 Å². The Labute approximate surface area is 118 Å². The van der Waals surface area contributed by atoms with E-state index in [0.29, 0.717) is 11.7 Å². The molecule has 2 heterocycles. The van der Waals surface area contributed by atoms with Crippen molar-refractivity contribution in [1.82, 2.24) is 10.2 Å². The van der Waals surface area contributed by atoms with Gasteiger partial charge in [-0.05, 0) is 44.0 Å². The van der Waals surface area contributed by atoms with Gasteiger partial charge in [-0.2, -0.15) is 0 Å². The number of halogens is 1. The highest BCUT2D eigenvalue weighted by molar-refractivity contribution is 5.99. The molecule has 2 aliphatic rings. The van der Waals surface area contributed by atoms with E-state index in [1.807, 2.05) is 0 Å². The molecule has 1 amide bonds. The maximum atomic E-state index is 13.2. The molecule has 0 saturated carbocycles. The second kappa shape index (κ2) is 5.40. The first-order valence-electron chi connectivity index (χ1n) is 7.25. The van der Waals surface area contributed by atoms with Crippen LogP contribution in [0.5, 0.6) is 0 Å². The Morgan fingerprint density at radius 2 is 2.15 bits per heavy atom. The summed E-state index contributed by atoms with van der Waals surface area (Å²) in [6.45, 7) is 2.16. The van der Waals surface area contributed by atoms with Crippen LogP contribution in [0, 0.1) is 5.82 Å². The third-order valence-corrected chi connectivity index (χ3v) is 4.43. The zero-order valence-corrected chi connectivity index (χ0v) is 11.4. The number of carbonyl (C=O) groups is 1. The first kappa shape index (κ1) is 13.4. The number of rotatable bonds is 2. The maximum Gasteiger partial charge on any atom is 0.253 e. The van der Waals surface area contributed by atoms with Gasteiger partial charge < -0.3 is 11.1 Å². The van der Waals surface area contributed by atoms with Gasteiger partial charge in [-0.25, -0.2) is 4.39 Å². The minimum absolute atomic E-state index is 0.158. The highest BCUT2D eigenvalue weighted by atomic mass is 19.1. The van der Waals surface area contributed by atoms with E-state index in [1.54, 1.807) is 0 Å². The summed E-state index contributed by atoms with van der Waals surface area (Å²) in [5, 5.41) is 3.04. The van der Waals surface area contributed by atoms with Crippen LogP contribution >= 0.6 is 0 Å². The summed E-state index contributed by atoms with van der Waals surface area (Å²) >= 11 is 0. The molecule has 1 aromatic rings. The van der Waals surface area contributed by atoms with Gasteiger partial charge in [-0.15, -0.1) is 0 Å². The predicted molar refractivity (Wildman–Crippen MR) is 75.9 cm³/mol. The monoisotopic (exact) mass is 277 g/mol. The minimum atomic E-state index is -0.435. The first-order valence-corrected chi connectivity index (χ1v) is 7.25. The number of fused-ring (bicyclic) bond motifs is 1. The maximum absolute atomic E-state index is 13.2. The van der Waals surface area contributed by atoms with Crippen molar-refractivity contribution in [2.45, 2.75) is 37.8 Å². The lowest BCUT2D eigenvalue weighted by atomic mass is 9.98. The van der Waals surface area contributed by atoms with Crippen molar-refractivity contribution in [3.8, 4) is 0 Å². The van der Waals surface area contributed by atoms with Crippen molar-refractivity contribution in [2.75, 3.05) is 18.8 Å². The number of carbonyl (C=O) groups excluding carboxylic acids is 1. The Kier molecular flexibility index (Phi) is 3.61. The quantitative estimate of drug-likeness (QED) is 0.810. The van der Waals surface area contributed by atoms with Crippen molar-refractivity contribution in [1.29, 1.82) is 0 Å². The Morgan fingerprint density at radius 3 is 3.00 bits per heavy atom. The fourth-order valence-corrected chi connectivity index (χ4v) is 3.39. The van der Waals surface area contributed by atoms with Crippen LogP contribution in [0.25, 0.3) is 0 Å². The molecular weight excluding hydrogens is 257 g/mol. The smallest absolute Gasteiger partial charge is 0.253 e. The van der Waals surface area contributed by atoms with Crippen molar-refractivity contribution < 1.29 is 9.18 Å². The zero-order valence-electron chi connectivity index (χ0n) is 11.4. The van der Waals surface area contributed by atoms with Gasteiger partial charge in [0.15, 0.2) is 0 Å². The van der Waals surface area contributed by atoms with Crippen LogP contribution in [0.15, 0.2) is 18.2 Å². The van der Waals surface area contributed by atoms with E-state index in [1.165, 1.54) is 31.0 Å². The summed E-state index contributed by atoms with van der Waals surface area (Å²) in [6.07, 6.45) is 4.55. The summed E-state index contributed by atoms with van der Waals surface area (Å²) in [5.74, 6) is -0.700. The molecule has 2 unspecified atom stereocenters. The highest BCUT2D eigenvalue weighted by Crippen LogP contribution is 2.27. The number of hydrogen-bond donors (Lipinski definition) is 2. The first-order chi connectivity index (χ1) is 9.65. The van der Waals surface area contributed by atoms with Gasteiger partial charge in [-0.3, -0.25) is 9.69 Å². The summed E-state index contributed by atoms with van der Waals surface area (Å²) in [7, 11) is 0. The molecule has 0 aromatic heterocycles. The Morgan fingerprint density at radius 1 is 1.30 bits per heavy atom. The minimum Gasteiger partial charge on any atom is -0.398 e. The van der Waals surface area contributed by atoms with Crippen LogP contribution in [0.1, 0.15) is 36.0 Å². The molecule has 0 bridgehead atoms. The van der Waals surface area contributed by atoms with Gasteiger partial charge in [0, 0.05) is 24.3 Å². The molecule has 2 fully saturated rings. The Bertz CT molecular complexity index is 520. The normalized spacial score (nSPS) is 26.2. The molecule has 2 saturated heterocycles. The second-order valence-electron chi connectivity index (χ2n) is 5.70. The molecule has 0 spiro atoms. The van der Waals surface area contributed by atoms with Crippen LogP contribution in [-0.2, 0) is 0 Å². The summed E-state index contributed by atoms with van der Waals surface area (Å²) in [4.78, 5) is 14.7. The van der Waals surface area contributed by atoms with Gasteiger partial charge in [0.25, 0.3) is 5.91 Å². The number of benzene rings is 1. The van der Waals surface area contributed by atoms with E-state index in [9.17, 15) is 9.18 Å². The van der Waals surface area contributed by atoms with E-state index in [-0.39, 0.29) is 17.5 Å². The number of nitrogen functional groups attached to an aromatic ring is 1. The van der Waals surface area contributed by atoms with Crippen molar-refractivity contribution in [3.05, 3.63) is 29.6 Å². The average Bonchev–Trinajstić information content (AvgIpc) is 2.85. The number of nitrogens with two attached hydrogens (primary N) is 1. The molecule has 0 radical (unpaired) electrons. The van der Waals surface area contributed by atoms with Crippen LogP contribution in [0.2, 0.25) is 0 Å². The lowest BCUT2D eigenvalue weighted by Gasteiger charge is -2.32. The van der Waals surface area contributed by atoms with Crippen molar-refractivity contribution in [2.24, 2.45) is 0 Å². The molecular formula is C15H20FN3O. The van der Waals surface area contributed by atoms with Gasteiger partial charge in [-0.1, -0.05) is 6.42 Å². The van der Waals surface area contributed by atoms with Crippen LogP contribution in [0.4, 0.5) is 10.1 Å². The van der Waals surface area contributed by atoms with Crippen LogP contribution in [0.3, 0.4) is 0 Å². The lowest BCUT2D eigenvalue weighted by Crippen LogP contribution is -2.46. The van der Waals surface area contributed by atoms with E-state index in [0.717, 1.165) is 25.9 Å². The Balaban J connectivity index is 1.71. The topological polar surface area (TPSA) is 58.4 Å². The SMILES string of the molecule is Nc1ccc(F)cc1C(=O)NC1CCN2CCCCC12. The van der Waals surface area contributed by atoms with Gasteiger partial charge >= 0.3 is 0 Å². The molecule has 2 aliphatic heterocycles. The van der Waals surface area contributed by atoms with E-state index < -0.39 is 5.82 Å². The predicted octanol–water partition coefficient (Wildman–Crippen LogP) is 1.76. The fourth-order valence-electron chi connectivity index (χ4n) is 3.39. The summed E-state index contributed by atoms with van der Waals surface area (Å²) in [6, 6.07) is 4.50. The van der Waals surface area contributed by atoms with Gasteiger partial charge in [0.2, 0.25) is 0 Å². The number of nitrogens with one attached hydrogen (secondary N) is 1. The van der Waals surface area contributed by atoms with E-state index in [4.69, 9.17) is 5.73 Å². The lowest BCUT2D eigenvalue weighted by molar-refractivity contribution is 0.0916. The molecule has 0 aliphatic carbocycles. The number of amides is 1. The van der Waals surface area contributed by atoms with E-state index >= 15 is 0 Å². The summed E-state index contributed by atoms with van der Waals surface area (Å²) in [5.41, 5.74) is 6.32. The molecule has 3 rings (SSSR count). The molecule has 1 aromatic carbocycles. The van der Waals surface area contributed by atoms with Crippen molar-refractivity contribution >= 4 is 11.6 Å². The fraction of sp³-hybridized carbons (Fsp3) is 0.533. The molecule has 4 nitrogen and oxygen atoms in total. The van der Waals surface area contributed by atoms with Crippen molar-refractivity contribution in [3.63, 3.8) is 0 Å². The highest BCUT2D eigenvalue weighted by Gasteiger charge is 2.36. The molecule has 2 atom stereocenters. The third-order valence-electron chi connectivity index (χ3n) is 4.43. The molecule has 108 valence electrons. The largest absolute Gasteiger partial charge is 0.398 e. The van der Waals surface area contributed by atoms with Crippen LogP contribution in [-0.4, -0.2) is 36.0 Å². The Hall–Kier alpha value is -1.62. The second-order valence-corrected chi connectivity index (χ2v) is 5.70. The number of anilines is 1. The molecule has 5 heteroatoms. The standard InChI is InChI=1S/C15H20FN3O/c16-10-4-5-12(17)11(9-10)15(20)18-13-6-8-19-7-2-1-3-14(13)19/h4-5,9,13-14H,1-3,6-8,17H2,(H,18,20).